The Labute approximate surface area is 98.5 Å². The molecule has 0 atom stereocenters. The normalized spacial score (nSPS) is 9.62. The van der Waals surface area contributed by atoms with Crippen molar-refractivity contribution in [3.8, 4) is 5.75 Å². The molecule has 1 amide bonds. The molecule has 1 N–H and O–H groups in total. The molecule has 0 aliphatic heterocycles. The Bertz CT molecular complexity index is 393. The number of carbonyl (C=O) groups is 2. The average molecular weight is 242 g/mol. The van der Waals surface area contributed by atoms with E-state index in [2.05, 4.69) is 5.32 Å². The van der Waals surface area contributed by atoms with E-state index >= 15 is 0 Å². The number of aldehydes is 1. The van der Waals surface area contributed by atoms with Crippen molar-refractivity contribution < 1.29 is 14.3 Å². The van der Waals surface area contributed by atoms with Gasteiger partial charge >= 0.3 is 0 Å². The Morgan fingerprint density at radius 1 is 1.56 bits per heavy atom. The first kappa shape index (κ1) is 12.5. The zero-order valence-corrected chi connectivity index (χ0v) is 9.58. The maximum atomic E-state index is 10.7. The lowest BCUT2D eigenvalue weighted by Gasteiger charge is -2.07. The third-order valence-electron chi connectivity index (χ3n) is 1.87. The van der Waals surface area contributed by atoms with Crippen molar-refractivity contribution in [1.82, 2.24) is 5.32 Å². The summed E-state index contributed by atoms with van der Waals surface area (Å²) in [5, 5.41) is 2.91. The van der Waals surface area contributed by atoms with E-state index in [-0.39, 0.29) is 12.8 Å². The molecule has 0 aliphatic carbocycles. The van der Waals surface area contributed by atoms with Crippen LogP contribution in [0.4, 0.5) is 0 Å². The van der Waals surface area contributed by atoms with Gasteiger partial charge in [-0.15, -0.1) is 0 Å². The molecule has 0 saturated carbocycles. The van der Waals surface area contributed by atoms with Crippen LogP contribution >= 0.6 is 11.6 Å². The summed E-state index contributed by atoms with van der Waals surface area (Å²) in [5.74, 6) is -0.0420. The number of hydrogen-bond acceptors (Lipinski definition) is 3. The van der Waals surface area contributed by atoms with Crippen molar-refractivity contribution in [2.24, 2.45) is 0 Å². The second-order valence-electron chi connectivity index (χ2n) is 3.03. The minimum atomic E-state index is -0.648. The van der Waals surface area contributed by atoms with Crippen LogP contribution in [0.25, 0.3) is 0 Å². The summed E-state index contributed by atoms with van der Waals surface area (Å²) in [4.78, 5) is 20.8. The highest BCUT2D eigenvalue weighted by Gasteiger charge is 2.03. The molecular weight excluding hydrogens is 230 g/mol. The van der Waals surface area contributed by atoms with E-state index in [0.717, 1.165) is 5.56 Å². The van der Waals surface area contributed by atoms with Crippen LogP contribution in [0.15, 0.2) is 18.2 Å². The topological polar surface area (TPSA) is 55.4 Å². The smallest absolute Gasteiger partial charge is 0.284 e. The maximum absolute atomic E-state index is 10.7. The van der Waals surface area contributed by atoms with Crippen molar-refractivity contribution in [1.29, 1.82) is 0 Å². The standard InChI is InChI=1S/C11H12ClNO3/c1-2-16-10-4-3-8(5-9(10)12)6-13-11(15)7-14/h3-5,7H,2,6H2,1H3,(H,13,15). The SMILES string of the molecule is CCOc1ccc(CNC(=O)C=O)cc1Cl. The summed E-state index contributed by atoms with van der Waals surface area (Å²) in [6.07, 6.45) is 0.232. The fraction of sp³-hybridized carbons (Fsp3) is 0.273. The zero-order valence-electron chi connectivity index (χ0n) is 8.83. The lowest BCUT2D eigenvalue weighted by Crippen LogP contribution is -2.23. The number of rotatable bonds is 5. The van der Waals surface area contributed by atoms with E-state index in [1.165, 1.54) is 0 Å². The minimum absolute atomic E-state index is 0.232. The fourth-order valence-electron chi connectivity index (χ4n) is 1.16. The molecule has 5 heteroatoms. The maximum Gasteiger partial charge on any atom is 0.284 e. The first-order valence-electron chi connectivity index (χ1n) is 4.81. The Kier molecular flexibility index (Phi) is 4.79. The largest absolute Gasteiger partial charge is 0.492 e. The van der Waals surface area contributed by atoms with E-state index in [1.807, 2.05) is 6.92 Å². The molecule has 1 rings (SSSR count). The summed E-state index contributed by atoms with van der Waals surface area (Å²) >= 11 is 5.95. The molecular formula is C11H12ClNO3. The average Bonchev–Trinajstić information content (AvgIpc) is 2.29. The highest BCUT2D eigenvalue weighted by atomic mass is 35.5. The van der Waals surface area contributed by atoms with Crippen LogP contribution in [0.1, 0.15) is 12.5 Å². The first-order chi connectivity index (χ1) is 7.67. The summed E-state index contributed by atoms with van der Waals surface area (Å²) in [7, 11) is 0. The van der Waals surface area contributed by atoms with Crippen LogP contribution in [-0.2, 0) is 16.1 Å². The number of halogens is 1. The van der Waals surface area contributed by atoms with E-state index in [9.17, 15) is 9.59 Å². The highest BCUT2D eigenvalue weighted by molar-refractivity contribution is 6.32. The fourth-order valence-corrected chi connectivity index (χ4v) is 1.42. The summed E-state index contributed by atoms with van der Waals surface area (Å²) in [6, 6.07) is 5.20. The van der Waals surface area contributed by atoms with Gasteiger partial charge in [-0.2, -0.15) is 0 Å². The summed E-state index contributed by atoms with van der Waals surface area (Å²) < 4.78 is 5.26. The number of nitrogens with one attached hydrogen (secondary N) is 1. The molecule has 0 aliphatic rings. The Morgan fingerprint density at radius 3 is 2.88 bits per heavy atom. The zero-order chi connectivity index (χ0) is 12.0. The van der Waals surface area contributed by atoms with Crippen molar-refractivity contribution in [3.05, 3.63) is 28.8 Å². The van der Waals surface area contributed by atoms with Crippen molar-refractivity contribution >= 4 is 23.8 Å². The molecule has 16 heavy (non-hydrogen) atoms. The Balaban J connectivity index is 2.65. The Morgan fingerprint density at radius 2 is 2.31 bits per heavy atom. The van der Waals surface area contributed by atoms with Crippen molar-refractivity contribution in [3.63, 3.8) is 0 Å². The van der Waals surface area contributed by atoms with Crippen LogP contribution in [0.3, 0.4) is 0 Å². The Hall–Kier alpha value is -1.55. The van der Waals surface area contributed by atoms with E-state index < -0.39 is 5.91 Å². The van der Waals surface area contributed by atoms with Crippen molar-refractivity contribution in [2.75, 3.05) is 6.61 Å². The predicted octanol–water partition coefficient (Wildman–Crippen LogP) is 1.55. The molecule has 86 valence electrons. The molecule has 4 nitrogen and oxygen atoms in total. The molecule has 0 spiro atoms. The number of hydrogen-bond donors (Lipinski definition) is 1. The van der Waals surface area contributed by atoms with Gasteiger partial charge in [0.2, 0.25) is 6.29 Å². The third-order valence-corrected chi connectivity index (χ3v) is 2.17. The van der Waals surface area contributed by atoms with Gasteiger partial charge in [0.05, 0.1) is 11.6 Å². The van der Waals surface area contributed by atoms with Gasteiger partial charge in [-0.25, -0.2) is 0 Å². The molecule has 0 unspecified atom stereocenters. The second-order valence-corrected chi connectivity index (χ2v) is 3.44. The molecule has 1 aromatic rings. The van der Waals surface area contributed by atoms with Gasteiger partial charge in [-0.3, -0.25) is 9.59 Å². The van der Waals surface area contributed by atoms with Crippen LogP contribution in [0.5, 0.6) is 5.75 Å². The van der Waals surface area contributed by atoms with Gasteiger partial charge in [0.25, 0.3) is 5.91 Å². The molecule has 0 radical (unpaired) electrons. The minimum Gasteiger partial charge on any atom is -0.492 e. The van der Waals surface area contributed by atoms with Gasteiger partial charge in [-0.1, -0.05) is 17.7 Å². The van der Waals surface area contributed by atoms with Crippen LogP contribution in [0.2, 0.25) is 5.02 Å². The quantitative estimate of drug-likeness (QED) is 0.629. The monoisotopic (exact) mass is 241 g/mol. The second kappa shape index (κ2) is 6.12. The van der Waals surface area contributed by atoms with Gasteiger partial charge in [0, 0.05) is 6.54 Å². The molecule has 0 saturated heterocycles. The first-order valence-corrected chi connectivity index (χ1v) is 5.19. The van der Waals surface area contributed by atoms with Crippen LogP contribution in [0, 0.1) is 0 Å². The molecule has 1 aromatic carbocycles. The van der Waals surface area contributed by atoms with E-state index in [1.54, 1.807) is 18.2 Å². The van der Waals surface area contributed by atoms with Crippen LogP contribution < -0.4 is 10.1 Å². The number of carbonyl (C=O) groups excluding carboxylic acids is 2. The number of benzene rings is 1. The molecule has 0 bridgehead atoms. The third kappa shape index (κ3) is 3.55. The summed E-state index contributed by atoms with van der Waals surface area (Å²) in [6.45, 7) is 2.68. The highest BCUT2D eigenvalue weighted by Crippen LogP contribution is 2.25. The van der Waals surface area contributed by atoms with Crippen molar-refractivity contribution in [2.45, 2.75) is 13.5 Å². The van der Waals surface area contributed by atoms with E-state index in [0.29, 0.717) is 17.4 Å². The molecule has 0 heterocycles. The molecule has 0 aromatic heterocycles. The lowest BCUT2D eigenvalue weighted by molar-refractivity contribution is -0.131. The van der Waals surface area contributed by atoms with Gasteiger partial charge in [0.1, 0.15) is 5.75 Å². The number of amides is 1. The molecule has 0 fully saturated rings. The van der Waals surface area contributed by atoms with Crippen LogP contribution in [-0.4, -0.2) is 18.8 Å². The lowest BCUT2D eigenvalue weighted by atomic mass is 10.2. The van der Waals surface area contributed by atoms with Gasteiger partial charge < -0.3 is 10.1 Å². The number of ether oxygens (including phenoxy) is 1. The van der Waals surface area contributed by atoms with Gasteiger partial charge in [-0.05, 0) is 24.6 Å². The summed E-state index contributed by atoms with van der Waals surface area (Å²) in [5.41, 5.74) is 0.809. The predicted molar refractivity (Wildman–Crippen MR) is 60.5 cm³/mol. The van der Waals surface area contributed by atoms with Gasteiger partial charge in [0.15, 0.2) is 0 Å². The van der Waals surface area contributed by atoms with E-state index in [4.69, 9.17) is 16.3 Å².